The summed E-state index contributed by atoms with van der Waals surface area (Å²) in [6.45, 7) is 8.30. The number of nitrogens with one attached hydrogen (secondary N) is 1. The number of hydrogen-bond acceptors (Lipinski definition) is 8. The van der Waals surface area contributed by atoms with Crippen molar-refractivity contribution in [2.24, 2.45) is 5.41 Å². The molecule has 3 heterocycles. The number of alkyl halides is 4. The highest BCUT2D eigenvalue weighted by molar-refractivity contribution is 6.90. The van der Waals surface area contributed by atoms with E-state index in [-0.39, 0.29) is 61.8 Å². The van der Waals surface area contributed by atoms with Crippen molar-refractivity contribution in [2.75, 3.05) is 38.3 Å². The Morgan fingerprint density at radius 3 is 2.14 bits per heavy atom. The average Bonchev–Trinajstić information content (AvgIpc) is 3.56. The number of aliphatic hydroxyl groups excluding tert-OH is 1. The fourth-order valence-electron chi connectivity index (χ4n) is 9.39. The van der Waals surface area contributed by atoms with Gasteiger partial charge >= 0.3 is 12.6 Å². The highest BCUT2D eigenvalue weighted by atomic mass is 28.3. The lowest BCUT2D eigenvalue weighted by molar-refractivity contribution is -0.0497. The molecule has 4 aromatic rings. The maximum Gasteiger partial charge on any atom is 0.387 e. The summed E-state index contributed by atoms with van der Waals surface area (Å²) in [5.74, 6) is -4.43. The normalized spacial score (nSPS) is 21.4. The lowest BCUT2D eigenvalue weighted by Crippen LogP contribution is -2.51. The van der Waals surface area contributed by atoms with Crippen LogP contribution in [0.25, 0.3) is 32.8 Å². The molecule has 2 bridgehead atoms. The highest BCUT2D eigenvalue weighted by Crippen LogP contribution is 2.60. The number of aliphatic hydroxyl groups is 1. The number of hydrogen-bond donors (Lipinski definition) is 2. The van der Waals surface area contributed by atoms with Crippen LogP contribution in [-0.2, 0) is 0 Å². The first kappa shape index (κ1) is 41.8. The predicted octanol–water partition coefficient (Wildman–Crippen LogP) is 9.38. The summed E-state index contributed by atoms with van der Waals surface area (Å²) >= 11 is 0. The lowest BCUT2D eigenvalue weighted by atomic mass is 9.92. The number of ether oxygens (including phenoxy) is 3. The van der Waals surface area contributed by atoms with Crippen LogP contribution in [0.2, 0.25) is 16.6 Å². The highest BCUT2D eigenvalue weighted by Gasteiger charge is 2.71. The topological polar surface area (TPSA) is 89.0 Å². The number of nitrogens with zero attached hydrogens (tertiary/aromatic N) is 3. The van der Waals surface area contributed by atoms with E-state index < -0.39 is 91.7 Å². The third kappa shape index (κ3) is 7.00. The van der Waals surface area contributed by atoms with E-state index in [4.69, 9.17) is 14.2 Å². The van der Waals surface area contributed by atoms with Crippen LogP contribution in [0.3, 0.4) is 0 Å². The van der Waals surface area contributed by atoms with Gasteiger partial charge in [-0.3, -0.25) is 0 Å². The van der Waals surface area contributed by atoms with Crippen LogP contribution < -0.4 is 24.4 Å². The molecule has 0 spiro atoms. The third-order valence-corrected chi connectivity index (χ3v) is 18.7. The summed E-state index contributed by atoms with van der Waals surface area (Å²) in [6, 6.07) is 4.16. The zero-order valence-electron chi connectivity index (χ0n) is 33.4. The first-order valence-electron chi connectivity index (χ1n) is 19.5. The number of piperazine rings is 1. The van der Waals surface area contributed by atoms with Gasteiger partial charge in [-0.25, -0.2) is 22.0 Å². The first-order chi connectivity index (χ1) is 27.4. The third-order valence-electron chi connectivity index (χ3n) is 12.5. The van der Waals surface area contributed by atoms with Gasteiger partial charge in [0.25, 0.3) is 5.92 Å². The van der Waals surface area contributed by atoms with E-state index in [0.29, 0.717) is 13.1 Å². The maximum atomic E-state index is 17.6. The van der Waals surface area contributed by atoms with Gasteiger partial charge in [0.15, 0.2) is 17.4 Å². The van der Waals surface area contributed by atoms with E-state index in [2.05, 4.69) is 68.3 Å². The standard InChI is InChI=1S/C42H47F7N4O4Si/c1-21(2)58(22(3)4,23(5)6)13-12-28-30(43)11-8-24-14-27(57-39(46)47)15-29(31(24)28)32-34(44)36-33(37(55-7)35(32)45)38(53-16-25-9-10-26(17-53)50-25)52-40(51-36)56-20-41(19-54)18-42(41,48)49/h8,11,14-15,21-23,25-26,39,50,54H,9-10,16-20H2,1-7H3. The van der Waals surface area contributed by atoms with Crippen LogP contribution in [0.4, 0.5) is 36.6 Å². The van der Waals surface area contributed by atoms with Gasteiger partial charge in [-0.15, -0.1) is 5.54 Å². The predicted molar refractivity (Wildman–Crippen MR) is 210 cm³/mol. The number of rotatable bonds is 12. The van der Waals surface area contributed by atoms with Gasteiger partial charge < -0.3 is 29.5 Å². The molecule has 7 rings (SSSR count). The quantitative estimate of drug-likeness (QED) is 0.0830. The molecule has 2 saturated heterocycles. The average molecular weight is 833 g/mol. The molecule has 1 saturated carbocycles. The molecule has 3 aromatic carbocycles. The van der Waals surface area contributed by atoms with Crippen LogP contribution in [0.15, 0.2) is 24.3 Å². The molecule has 0 amide bonds. The summed E-state index contributed by atoms with van der Waals surface area (Å²) in [5.41, 5.74) is 0.141. The van der Waals surface area contributed by atoms with Crippen molar-refractivity contribution in [3.05, 3.63) is 47.3 Å². The van der Waals surface area contributed by atoms with Gasteiger partial charge in [-0.05, 0) is 53.1 Å². The van der Waals surface area contributed by atoms with Crippen LogP contribution >= 0.6 is 0 Å². The van der Waals surface area contributed by atoms with Gasteiger partial charge in [0.2, 0.25) is 0 Å². The van der Waals surface area contributed by atoms with Crippen molar-refractivity contribution in [1.82, 2.24) is 15.3 Å². The molecule has 16 heteroatoms. The van der Waals surface area contributed by atoms with Crippen molar-refractivity contribution in [3.63, 3.8) is 0 Å². The zero-order valence-corrected chi connectivity index (χ0v) is 34.4. The Balaban J connectivity index is 1.53. The Morgan fingerprint density at radius 1 is 0.948 bits per heavy atom. The Bertz CT molecular complexity index is 2280. The molecular formula is C42H47F7N4O4Si. The number of fused-ring (bicyclic) bond motifs is 4. The smallest absolute Gasteiger partial charge is 0.387 e. The lowest BCUT2D eigenvalue weighted by Gasteiger charge is -2.38. The number of halogens is 7. The van der Waals surface area contributed by atoms with Gasteiger partial charge in [-0.2, -0.15) is 18.7 Å². The monoisotopic (exact) mass is 832 g/mol. The van der Waals surface area contributed by atoms with E-state index in [1.807, 2.05) is 0 Å². The minimum atomic E-state index is -3.31. The summed E-state index contributed by atoms with van der Waals surface area (Å²) < 4.78 is 123. The van der Waals surface area contributed by atoms with Gasteiger partial charge in [-0.1, -0.05) is 53.5 Å². The molecule has 3 aliphatic rings. The molecule has 3 unspecified atom stereocenters. The van der Waals surface area contributed by atoms with Gasteiger partial charge in [0.05, 0.1) is 35.6 Å². The van der Waals surface area contributed by atoms with Crippen LogP contribution in [0.1, 0.15) is 66.4 Å². The van der Waals surface area contributed by atoms with E-state index in [1.54, 1.807) is 4.90 Å². The molecular weight excluding hydrogens is 786 g/mol. The Labute approximate surface area is 333 Å². The van der Waals surface area contributed by atoms with Crippen molar-refractivity contribution in [2.45, 2.75) is 102 Å². The van der Waals surface area contributed by atoms with Crippen LogP contribution in [0.5, 0.6) is 17.5 Å². The molecule has 8 nitrogen and oxygen atoms in total. The molecule has 1 aromatic heterocycles. The first-order valence-corrected chi connectivity index (χ1v) is 21.7. The molecule has 2 N–H and O–H groups in total. The van der Waals surface area contributed by atoms with Crippen molar-refractivity contribution >= 4 is 35.6 Å². The van der Waals surface area contributed by atoms with Crippen molar-refractivity contribution in [3.8, 4) is 40.1 Å². The number of benzene rings is 3. The fourth-order valence-corrected chi connectivity index (χ4v) is 14.6. The van der Waals surface area contributed by atoms with Gasteiger partial charge in [0, 0.05) is 42.5 Å². The molecule has 3 fully saturated rings. The van der Waals surface area contributed by atoms with Crippen LogP contribution in [0, 0.1) is 34.3 Å². The van der Waals surface area contributed by atoms with Crippen molar-refractivity contribution < 1.29 is 50.1 Å². The SMILES string of the molecule is COc1c(F)c(-c2cc(OC(F)F)cc3ccc(F)c(C#C[Si](C(C)C)(C(C)C)C(C)C)c23)c(F)c2nc(OCC3(CO)CC3(F)F)nc(N3CC4CCC(C3)N4)c12. The summed E-state index contributed by atoms with van der Waals surface area (Å²) in [4.78, 5) is 10.6. The van der Waals surface area contributed by atoms with E-state index in [1.165, 1.54) is 12.1 Å². The summed E-state index contributed by atoms with van der Waals surface area (Å²) in [5, 5.41) is 13.2. The minimum absolute atomic E-state index is 0.0230. The van der Waals surface area contributed by atoms with Gasteiger partial charge in [0.1, 0.15) is 37.6 Å². The number of methoxy groups -OCH3 is 1. The van der Waals surface area contributed by atoms with E-state index in [9.17, 15) is 22.7 Å². The molecule has 58 heavy (non-hydrogen) atoms. The second-order valence-electron chi connectivity index (χ2n) is 16.8. The molecule has 1 aliphatic carbocycles. The molecule has 3 atom stereocenters. The minimum Gasteiger partial charge on any atom is -0.493 e. The van der Waals surface area contributed by atoms with Crippen LogP contribution in [-0.4, -0.2) is 81.2 Å². The second-order valence-corrected chi connectivity index (χ2v) is 22.3. The largest absolute Gasteiger partial charge is 0.493 e. The summed E-state index contributed by atoms with van der Waals surface area (Å²) in [6.07, 6.45) is 1.04. The zero-order chi connectivity index (χ0) is 42.1. The Morgan fingerprint density at radius 2 is 1.59 bits per heavy atom. The molecule has 2 aliphatic heterocycles. The Hall–Kier alpha value is -4.33. The summed E-state index contributed by atoms with van der Waals surface area (Å²) in [7, 11) is -1.35. The maximum absolute atomic E-state index is 17.6. The Kier molecular flexibility index (Phi) is 11.1. The fraction of sp³-hybridized carbons (Fsp3) is 0.524. The van der Waals surface area contributed by atoms with E-state index in [0.717, 1.165) is 32.1 Å². The molecule has 0 radical (unpaired) electrons. The second kappa shape index (κ2) is 15.4. The number of aromatic nitrogens is 2. The number of anilines is 1. The van der Waals surface area contributed by atoms with E-state index >= 15 is 13.2 Å². The van der Waals surface area contributed by atoms with Crippen molar-refractivity contribution in [1.29, 1.82) is 0 Å². The molecule has 312 valence electrons.